The van der Waals surface area contributed by atoms with Gasteiger partial charge in [-0.2, -0.15) is 0 Å². The summed E-state index contributed by atoms with van der Waals surface area (Å²) >= 11 is 0. The van der Waals surface area contributed by atoms with Crippen LogP contribution in [0.1, 0.15) is 54.4 Å². The topological polar surface area (TPSA) is 159 Å². The maximum absolute atomic E-state index is 12.9. The Kier molecular flexibility index (Phi) is 7.95. The van der Waals surface area contributed by atoms with Gasteiger partial charge in [0, 0.05) is 23.8 Å². The van der Waals surface area contributed by atoms with E-state index < -0.39 is 65.4 Å². The second-order valence-corrected chi connectivity index (χ2v) is 8.89. The minimum atomic E-state index is -1.67. The molecule has 1 aliphatic rings. The normalized spacial score (nSPS) is 40.7. The second kappa shape index (κ2) is 9.21. The molecule has 1 aliphatic heterocycles. The van der Waals surface area contributed by atoms with Crippen molar-refractivity contribution in [3.8, 4) is 0 Å². The molecule has 0 aliphatic carbocycles. The van der Waals surface area contributed by atoms with Crippen LogP contribution in [0.15, 0.2) is 0 Å². The molecular weight excluding hydrogens is 380 g/mol. The van der Waals surface area contributed by atoms with Gasteiger partial charge in [0.15, 0.2) is 0 Å². The summed E-state index contributed by atoms with van der Waals surface area (Å²) in [5.41, 5.74) is 8.44. The first-order valence-electron chi connectivity index (χ1n) is 9.82. The van der Waals surface area contributed by atoms with Gasteiger partial charge < -0.3 is 26.0 Å². The van der Waals surface area contributed by atoms with E-state index in [1.807, 2.05) is 0 Å². The average molecular weight is 414 g/mol. The number of cyclic esters (lactones) is 1. The van der Waals surface area contributed by atoms with Gasteiger partial charge in [0.25, 0.3) is 0 Å². The number of Topliss-reactive ketones (excluding diaryl/α,β-unsaturated/α-hetero) is 2. The Bertz CT molecular complexity index is 663. The number of rotatable bonds is 1. The number of nitrogens with two attached hydrogens (primary N) is 2. The van der Waals surface area contributed by atoms with E-state index in [1.54, 1.807) is 27.7 Å². The molecule has 3 unspecified atom stereocenters. The van der Waals surface area contributed by atoms with Crippen LogP contribution in [-0.4, -0.2) is 52.6 Å². The molecule has 0 spiro atoms. The van der Waals surface area contributed by atoms with Crippen LogP contribution in [0.3, 0.4) is 0 Å². The zero-order chi connectivity index (χ0) is 22.7. The average Bonchev–Trinajstić information content (AvgIpc) is 2.60. The maximum atomic E-state index is 12.9. The van der Waals surface area contributed by atoms with E-state index in [0.29, 0.717) is 0 Å². The highest BCUT2D eigenvalue weighted by molar-refractivity contribution is 5.99. The third-order valence-corrected chi connectivity index (χ3v) is 5.79. The fourth-order valence-electron chi connectivity index (χ4n) is 4.05. The summed E-state index contributed by atoms with van der Waals surface area (Å²) in [6.45, 7) is 8.83. The Labute approximate surface area is 171 Å². The molecule has 0 bridgehead atoms. The molecule has 0 saturated carbocycles. The third-order valence-electron chi connectivity index (χ3n) is 5.79. The van der Waals surface area contributed by atoms with Gasteiger partial charge >= 0.3 is 12.1 Å². The first-order chi connectivity index (χ1) is 13.1. The van der Waals surface area contributed by atoms with Gasteiger partial charge in [0.2, 0.25) is 0 Å². The van der Waals surface area contributed by atoms with Crippen LogP contribution < -0.4 is 11.5 Å². The third kappa shape index (κ3) is 6.24. The van der Waals surface area contributed by atoms with Crippen molar-refractivity contribution in [1.82, 2.24) is 0 Å². The number of carbonyl (C=O) groups is 4. The number of amides is 1. The van der Waals surface area contributed by atoms with Gasteiger partial charge in [-0.15, -0.1) is 0 Å². The molecule has 9 nitrogen and oxygen atoms in total. The van der Waals surface area contributed by atoms with E-state index in [-0.39, 0.29) is 18.6 Å². The van der Waals surface area contributed by atoms with Crippen LogP contribution in [-0.2, 0) is 23.9 Å². The number of hydrogen-bond donors (Lipinski definition) is 3. The highest BCUT2D eigenvalue weighted by Gasteiger charge is 2.43. The van der Waals surface area contributed by atoms with Gasteiger partial charge in [0.1, 0.15) is 35.3 Å². The zero-order valence-corrected chi connectivity index (χ0v) is 18.1. The van der Waals surface area contributed by atoms with Crippen LogP contribution >= 0.6 is 0 Å². The minimum absolute atomic E-state index is 0.0855. The van der Waals surface area contributed by atoms with Gasteiger partial charge in [0.05, 0.1) is 0 Å². The van der Waals surface area contributed by atoms with Gasteiger partial charge in [-0.05, 0) is 33.6 Å². The lowest BCUT2D eigenvalue weighted by atomic mass is 9.76. The number of hydrogen-bond acceptors (Lipinski definition) is 8. The largest absolute Gasteiger partial charge is 0.462 e. The molecule has 0 aromatic rings. The van der Waals surface area contributed by atoms with Crippen LogP contribution in [0.5, 0.6) is 0 Å². The van der Waals surface area contributed by atoms with Crippen molar-refractivity contribution in [2.75, 3.05) is 6.61 Å². The molecule has 1 saturated heterocycles. The molecule has 7 atom stereocenters. The van der Waals surface area contributed by atoms with Crippen LogP contribution in [0.2, 0.25) is 0 Å². The van der Waals surface area contributed by atoms with Crippen LogP contribution in [0.4, 0.5) is 4.79 Å². The Morgan fingerprint density at radius 3 is 2.03 bits per heavy atom. The molecule has 0 aromatic heterocycles. The lowest BCUT2D eigenvalue weighted by Crippen LogP contribution is -2.55. The standard InChI is InChI=1S/C20H34N2O7/c1-10-7-19(5,29-18(22)26)8-11(2)15(24)13(4)17(25)28-9-20(6,27)16(21)12(3)14(10)23/h10-13,16,27H,7-9,21H2,1-6H3,(H2,22,26)/t10-,11-,12?,13?,16?,19-,20-/m1/s1. The predicted octanol–water partition coefficient (Wildman–Crippen LogP) is 0.938. The summed E-state index contributed by atoms with van der Waals surface area (Å²) in [7, 11) is 0. The van der Waals surface area contributed by atoms with E-state index in [2.05, 4.69) is 0 Å². The number of carbonyl (C=O) groups excluding carboxylic acids is 4. The highest BCUT2D eigenvalue weighted by atomic mass is 16.6. The molecule has 0 radical (unpaired) electrons. The lowest BCUT2D eigenvalue weighted by Gasteiger charge is -2.37. The van der Waals surface area contributed by atoms with Crippen molar-refractivity contribution in [2.45, 2.75) is 71.6 Å². The number of ketones is 2. The predicted molar refractivity (Wildman–Crippen MR) is 105 cm³/mol. The fourth-order valence-corrected chi connectivity index (χ4v) is 4.05. The van der Waals surface area contributed by atoms with Crippen molar-refractivity contribution in [3.63, 3.8) is 0 Å². The molecule has 1 fully saturated rings. The van der Waals surface area contributed by atoms with Crippen LogP contribution in [0, 0.1) is 23.7 Å². The van der Waals surface area contributed by atoms with Crippen LogP contribution in [0.25, 0.3) is 0 Å². The van der Waals surface area contributed by atoms with E-state index in [0.717, 1.165) is 0 Å². The number of primary amides is 1. The molecule has 9 heteroatoms. The molecule has 0 aromatic carbocycles. The minimum Gasteiger partial charge on any atom is -0.462 e. The van der Waals surface area contributed by atoms with E-state index in [1.165, 1.54) is 13.8 Å². The van der Waals surface area contributed by atoms with Gasteiger partial charge in [-0.25, -0.2) is 4.79 Å². The summed E-state index contributed by atoms with van der Waals surface area (Å²) in [6.07, 6.45) is -0.819. The van der Waals surface area contributed by atoms with E-state index in [4.69, 9.17) is 20.9 Å². The van der Waals surface area contributed by atoms with Crippen molar-refractivity contribution in [2.24, 2.45) is 35.1 Å². The number of ether oxygens (including phenoxy) is 2. The molecule has 1 amide bonds. The molecular formula is C20H34N2O7. The number of esters is 1. The van der Waals surface area contributed by atoms with Crippen molar-refractivity contribution in [3.05, 3.63) is 0 Å². The van der Waals surface area contributed by atoms with E-state index >= 15 is 0 Å². The molecule has 5 N–H and O–H groups in total. The van der Waals surface area contributed by atoms with Crippen molar-refractivity contribution < 1.29 is 33.8 Å². The molecule has 166 valence electrons. The first-order valence-corrected chi connectivity index (χ1v) is 9.82. The molecule has 29 heavy (non-hydrogen) atoms. The Morgan fingerprint density at radius 1 is 1.07 bits per heavy atom. The Hall–Kier alpha value is -2.00. The maximum Gasteiger partial charge on any atom is 0.405 e. The molecule has 1 heterocycles. The summed E-state index contributed by atoms with van der Waals surface area (Å²) in [6, 6.07) is -1.01. The van der Waals surface area contributed by atoms with Crippen molar-refractivity contribution in [1.29, 1.82) is 0 Å². The number of aliphatic hydroxyl groups is 1. The quantitative estimate of drug-likeness (QED) is 0.422. The van der Waals surface area contributed by atoms with Gasteiger partial charge in [-0.1, -0.05) is 20.8 Å². The smallest absolute Gasteiger partial charge is 0.405 e. The fraction of sp³-hybridized carbons (Fsp3) is 0.800. The van der Waals surface area contributed by atoms with E-state index in [9.17, 15) is 24.3 Å². The highest BCUT2D eigenvalue weighted by Crippen LogP contribution is 2.33. The summed E-state index contributed by atoms with van der Waals surface area (Å²) in [4.78, 5) is 49.4. The lowest BCUT2D eigenvalue weighted by molar-refractivity contribution is -0.160. The monoisotopic (exact) mass is 414 g/mol. The summed E-state index contributed by atoms with van der Waals surface area (Å²) in [5, 5.41) is 10.6. The first kappa shape index (κ1) is 25.0. The Morgan fingerprint density at radius 2 is 1.55 bits per heavy atom. The van der Waals surface area contributed by atoms with Crippen molar-refractivity contribution >= 4 is 23.6 Å². The van der Waals surface area contributed by atoms with Gasteiger partial charge in [-0.3, -0.25) is 14.4 Å². The summed E-state index contributed by atoms with van der Waals surface area (Å²) in [5.74, 6) is -4.51. The molecule has 1 rings (SSSR count). The summed E-state index contributed by atoms with van der Waals surface area (Å²) < 4.78 is 10.4. The SMILES string of the molecule is CC1C(=O)OC[C@@](C)(O)C(N)C(C)C(=O)[C@H](C)C[C@@](C)(OC(N)=O)C[C@@H](C)C1=O. The zero-order valence-electron chi connectivity index (χ0n) is 18.1. The second-order valence-electron chi connectivity index (χ2n) is 8.89. The Balaban J connectivity index is 3.34.